The van der Waals surface area contributed by atoms with Crippen molar-refractivity contribution >= 4 is 23.4 Å². The Morgan fingerprint density at radius 3 is 2.29 bits per heavy atom. The summed E-state index contributed by atoms with van der Waals surface area (Å²) in [6.45, 7) is 9.76. The number of urea groups is 1. The molecule has 0 unspecified atom stereocenters. The van der Waals surface area contributed by atoms with Gasteiger partial charge in [0, 0.05) is 18.0 Å². The highest BCUT2D eigenvalue weighted by molar-refractivity contribution is 5.97. The molecule has 0 spiro atoms. The van der Waals surface area contributed by atoms with Gasteiger partial charge in [0.25, 0.3) is 0 Å². The zero-order chi connectivity index (χ0) is 28.1. The number of benzene rings is 2. The molecule has 3 rings (SSSR count). The Balaban J connectivity index is 1.85. The van der Waals surface area contributed by atoms with Crippen LogP contribution in [0.5, 0.6) is 0 Å². The zero-order valence-corrected chi connectivity index (χ0v) is 22.3. The fraction of sp³-hybridized carbons (Fsp3) is 0.393. The summed E-state index contributed by atoms with van der Waals surface area (Å²) in [7, 11) is 0. The molecule has 1 heterocycles. The van der Waals surface area contributed by atoms with Crippen LogP contribution in [0.4, 0.5) is 29.5 Å². The van der Waals surface area contributed by atoms with Gasteiger partial charge >= 0.3 is 12.2 Å². The van der Waals surface area contributed by atoms with Gasteiger partial charge in [-0.3, -0.25) is 4.79 Å². The summed E-state index contributed by atoms with van der Waals surface area (Å²) >= 11 is 0. The van der Waals surface area contributed by atoms with Crippen LogP contribution in [0.2, 0.25) is 0 Å². The third-order valence-corrected chi connectivity index (χ3v) is 5.97. The lowest BCUT2D eigenvalue weighted by molar-refractivity contribution is -0.137. The summed E-state index contributed by atoms with van der Waals surface area (Å²) in [5, 5.41) is 9.90. The zero-order valence-electron chi connectivity index (χ0n) is 22.3. The summed E-state index contributed by atoms with van der Waals surface area (Å²) in [6, 6.07) is 13.4. The number of aryl methyl sites for hydroxylation is 1. The quantitative estimate of drug-likeness (QED) is 0.338. The topological polar surface area (TPSA) is 79.3 Å². The fourth-order valence-corrected chi connectivity index (χ4v) is 3.81. The predicted octanol–water partition coefficient (Wildman–Crippen LogP) is 6.77. The molecular weight excluding hydrogens is 495 g/mol. The first-order valence-electron chi connectivity index (χ1n) is 12.5. The van der Waals surface area contributed by atoms with E-state index in [-0.39, 0.29) is 24.2 Å². The number of aromatic nitrogens is 2. The van der Waals surface area contributed by atoms with E-state index in [4.69, 9.17) is 5.10 Å². The molecule has 0 bridgehead atoms. The van der Waals surface area contributed by atoms with Crippen molar-refractivity contribution in [3.05, 3.63) is 71.4 Å². The Labute approximate surface area is 221 Å². The normalized spacial score (nSPS) is 11.8. The number of hydrogen-bond donors (Lipinski definition) is 2. The molecule has 38 heavy (non-hydrogen) atoms. The van der Waals surface area contributed by atoms with Crippen LogP contribution in [-0.4, -0.2) is 39.7 Å². The number of nitrogens with zero attached hydrogens (tertiary/aromatic N) is 3. The molecule has 0 aliphatic carbocycles. The molecule has 0 atom stereocenters. The highest BCUT2D eigenvalue weighted by Gasteiger charge is 2.34. The number of rotatable bonds is 8. The standard InChI is InChI=1S/C28H34F3N5O2/c1-6-7-16-35(26(38)32-21-14-10-9-13-20(21)28(29,30)31)18-25(37)33-24-17-23(27(3,4)5)34-36(24)22-15-11-8-12-19(22)2/h8-15,17H,6-7,16,18H2,1-5H3,(H,32,38)(H,33,37). The number of unbranched alkanes of at least 4 members (excludes halogenated alkanes) is 1. The van der Waals surface area contributed by atoms with E-state index in [0.29, 0.717) is 12.2 Å². The number of para-hydroxylation sites is 2. The lowest BCUT2D eigenvalue weighted by Gasteiger charge is -2.23. The van der Waals surface area contributed by atoms with E-state index in [9.17, 15) is 22.8 Å². The molecule has 0 radical (unpaired) electrons. The lowest BCUT2D eigenvalue weighted by Crippen LogP contribution is -2.41. The minimum atomic E-state index is -4.63. The maximum atomic E-state index is 13.4. The molecule has 10 heteroatoms. The minimum Gasteiger partial charge on any atom is -0.315 e. The van der Waals surface area contributed by atoms with Crippen molar-refractivity contribution in [3.63, 3.8) is 0 Å². The molecule has 0 aliphatic rings. The summed E-state index contributed by atoms with van der Waals surface area (Å²) < 4.78 is 41.9. The van der Waals surface area contributed by atoms with Gasteiger partial charge in [-0.2, -0.15) is 18.3 Å². The molecule has 0 saturated heterocycles. The number of carbonyl (C=O) groups excluding carboxylic acids is 2. The second-order valence-corrected chi connectivity index (χ2v) is 10.2. The van der Waals surface area contributed by atoms with Crippen molar-refractivity contribution in [2.75, 3.05) is 23.7 Å². The van der Waals surface area contributed by atoms with E-state index in [1.807, 2.05) is 58.9 Å². The van der Waals surface area contributed by atoms with Crippen LogP contribution in [0.1, 0.15) is 57.4 Å². The Bertz CT molecular complexity index is 1280. The van der Waals surface area contributed by atoms with Gasteiger partial charge in [0.1, 0.15) is 12.4 Å². The average Bonchev–Trinajstić information content (AvgIpc) is 3.25. The maximum Gasteiger partial charge on any atom is 0.418 e. The third kappa shape index (κ3) is 7.14. The summed E-state index contributed by atoms with van der Waals surface area (Å²) in [4.78, 5) is 27.4. The number of alkyl halides is 3. The summed E-state index contributed by atoms with van der Waals surface area (Å²) in [6.07, 6.45) is -3.31. The van der Waals surface area contributed by atoms with E-state index < -0.39 is 23.7 Å². The Morgan fingerprint density at radius 1 is 1.00 bits per heavy atom. The molecular formula is C28H34F3N5O2. The van der Waals surface area contributed by atoms with Gasteiger partial charge in [-0.1, -0.05) is 64.4 Å². The molecule has 2 aromatic carbocycles. The fourth-order valence-electron chi connectivity index (χ4n) is 3.81. The van der Waals surface area contributed by atoms with Crippen LogP contribution in [-0.2, 0) is 16.4 Å². The first-order chi connectivity index (χ1) is 17.8. The van der Waals surface area contributed by atoms with Gasteiger partial charge in [0.05, 0.1) is 22.6 Å². The number of nitrogens with one attached hydrogen (secondary N) is 2. The molecule has 1 aromatic heterocycles. The van der Waals surface area contributed by atoms with Crippen LogP contribution >= 0.6 is 0 Å². The first-order valence-corrected chi connectivity index (χ1v) is 12.5. The monoisotopic (exact) mass is 529 g/mol. The Kier molecular flexibility index (Phi) is 8.85. The molecule has 0 saturated carbocycles. The van der Waals surface area contributed by atoms with Crippen LogP contribution < -0.4 is 10.6 Å². The summed E-state index contributed by atoms with van der Waals surface area (Å²) in [5.41, 5.74) is 0.915. The van der Waals surface area contributed by atoms with Crippen molar-refractivity contribution in [2.24, 2.45) is 0 Å². The molecule has 3 aromatic rings. The van der Waals surface area contributed by atoms with Gasteiger partial charge in [-0.15, -0.1) is 0 Å². The Hall–Kier alpha value is -3.82. The predicted molar refractivity (Wildman–Crippen MR) is 143 cm³/mol. The van der Waals surface area contributed by atoms with E-state index in [1.165, 1.54) is 23.1 Å². The lowest BCUT2D eigenvalue weighted by atomic mass is 9.92. The molecule has 2 N–H and O–H groups in total. The maximum absolute atomic E-state index is 13.4. The highest BCUT2D eigenvalue weighted by atomic mass is 19.4. The third-order valence-electron chi connectivity index (χ3n) is 5.97. The smallest absolute Gasteiger partial charge is 0.315 e. The molecule has 0 fully saturated rings. The van der Waals surface area contributed by atoms with Crippen molar-refractivity contribution in [2.45, 2.75) is 59.1 Å². The van der Waals surface area contributed by atoms with Crippen molar-refractivity contribution in [1.29, 1.82) is 0 Å². The Morgan fingerprint density at radius 2 is 1.66 bits per heavy atom. The van der Waals surface area contributed by atoms with Gasteiger partial charge in [0.2, 0.25) is 5.91 Å². The number of anilines is 2. The van der Waals surface area contributed by atoms with E-state index >= 15 is 0 Å². The van der Waals surface area contributed by atoms with Crippen LogP contribution in [0, 0.1) is 6.92 Å². The number of halogens is 3. The average molecular weight is 530 g/mol. The van der Waals surface area contributed by atoms with Crippen molar-refractivity contribution < 1.29 is 22.8 Å². The molecule has 0 aliphatic heterocycles. The van der Waals surface area contributed by atoms with E-state index in [1.54, 1.807) is 10.7 Å². The number of hydrogen-bond acceptors (Lipinski definition) is 3. The van der Waals surface area contributed by atoms with Crippen molar-refractivity contribution in [1.82, 2.24) is 14.7 Å². The molecule has 204 valence electrons. The largest absolute Gasteiger partial charge is 0.418 e. The van der Waals surface area contributed by atoms with Gasteiger partial charge in [-0.05, 0) is 37.1 Å². The summed E-state index contributed by atoms with van der Waals surface area (Å²) in [5.74, 6) is -0.0527. The van der Waals surface area contributed by atoms with Crippen LogP contribution in [0.15, 0.2) is 54.6 Å². The number of amides is 3. The molecule has 7 nitrogen and oxygen atoms in total. The van der Waals surface area contributed by atoms with Gasteiger partial charge in [-0.25, -0.2) is 9.48 Å². The van der Waals surface area contributed by atoms with Gasteiger partial charge < -0.3 is 15.5 Å². The number of carbonyl (C=O) groups is 2. The second kappa shape index (κ2) is 11.7. The second-order valence-electron chi connectivity index (χ2n) is 10.2. The molecule has 3 amide bonds. The van der Waals surface area contributed by atoms with Gasteiger partial charge in [0.15, 0.2) is 0 Å². The minimum absolute atomic E-state index is 0.203. The van der Waals surface area contributed by atoms with E-state index in [2.05, 4.69) is 10.6 Å². The van der Waals surface area contributed by atoms with E-state index in [0.717, 1.165) is 29.4 Å². The first kappa shape index (κ1) is 28.7. The van der Waals surface area contributed by atoms with Crippen molar-refractivity contribution in [3.8, 4) is 5.69 Å². The SMILES string of the molecule is CCCCN(CC(=O)Nc1cc(C(C)(C)C)nn1-c1ccccc1C)C(=O)Nc1ccccc1C(F)(F)F. The van der Waals surface area contributed by atoms with Crippen LogP contribution in [0.25, 0.3) is 5.69 Å². The van der Waals surface area contributed by atoms with Crippen LogP contribution in [0.3, 0.4) is 0 Å². The highest BCUT2D eigenvalue weighted by Crippen LogP contribution is 2.34.